The number of nitrogens with zero attached hydrogens (tertiary/aromatic N) is 2. The number of hydrogen-bond donors (Lipinski definition) is 1. The van der Waals surface area contributed by atoms with Crippen molar-refractivity contribution in [1.82, 2.24) is 15.1 Å². The van der Waals surface area contributed by atoms with E-state index in [9.17, 15) is 0 Å². The first-order chi connectivity index (χ1) is 6.42. The Labute approximate surface area is 78.1 Å². The second-order valence-corrected chi connectivity index (χ2v) is 4.25. The number of piperidine rings is 1. The van der Waals surface area contributed by atoms with E-state index >= 15 is 0 Å². The third kappa shape index (κ3) is 1.27. The van der Waals surface area contributed by atoms with Crippen LogP contribution >= 0.6 is 0 Å². The van der Waals surface area contributed by atoms with Crippen molar-refractivity contribution in [1.29, 1.82) is 0 Å². The van der Waals surface area contributed by atoms with Gasteiger partial charge in [-0.15, -0.1) is 0 Å². The first kappa shape index (κ1) is 7.56. The van der Waals surface area contributed by atoms with Crippen LogP contribution in [0.2, 0.25) is 0 Å². The second-order valence-electron chi connectivity index (χ2n) is 4.25. The monoisotopic (exact) mass is 177 g/mol. The van der Waals surface area contributed by atoms with Gasteiger partial charge in [-0.3, -0.25) is 4.68 Å². The third-order valence-electron chi connectivity index (χ3n) is 3.35. The molecule has 0 radical (unpaired) electrons. The summed E-state index contributed by atoms with van der Waals surface area (Å²) in [6.07, 6.45) is 9.22. The topological polar surface area (TPSA) is 29.9 Å². The quantitative estimate of drug-likeness (QED) is 0.701. The zero-order valence-electron chi connectivity index (χ0n) is 7.69. The van der Waals surface area contributed by atoms with Crippen molar-refractivity contribution in [2.75, 3.05) is 0 Å². The molecular weight excluding hydrogens is 162 g/mol. The third-order valence-corrected chi connectivity index (χ3v) is 3.35. The van der Waals surface area contributed by atoms with Crippen LogP contribution in [0.3, 0.4) is 0 Å². The molecule has 2 aliphatic heterocycles. The van der Waals surface area contributed by atoms with Crippen LogP contribution in [0.15, 0.2) is 18.5 Å². The molecular formula is C10H15N3. The van der Waals surface area contributed by atoms with Crippen molar-refractivity contribution < 1.29 is 0 Å². The molecule has 0 spiro atoms. The number of hydrogen-bond acceptors (Lipinski definition) is 2. The minimum absolute atomic E-state index is 0.647. The van der Waals surface area contributed by atoms with Gasteiger partial charge in [0.1, 0.15) is 0 Å². The Balaban J connectivity index is 1.80. The van der Waals surface area contributed by atoms with Crippen molar-refractivity contribution in [2.24, 2.45) is 0 Å². The lowest BCUT2D eigenvalue weighted by atomic mass is 10.0. The summed E-state index contributed by atoms with van der Waals surface area (Å²) in [4.78, 5) is 0. The molecule has 70 valence electrons. The van der Waals surface area contributed by atoms with Crippen LogP contribution < -0.4 is 5.32 Å². The van der Waals surface area contributed by atoms with E-state index in [4.69, 9.17) is 0 Å². The maximum atomic E-state index is 4.33. The molecule has 2 atom stereocenters. The molecule has 2 bridgehead atoms. The van der Waals surface area contributed by atoms with Gasteiger partial charge in [0, 0.05) is 24.5 Å². The molecule has 1 aromatic rings. The van der Waals surface area contributed by atoms with E-state index in [1.54, 1.807) is 0 Å². The molecule has 3 heterocycles. The molecule has 2 fully saturated rings. The van der Waals surface area contributed by atoms with Gasteiger partial charge in [0.15, 0.2) is 0 Å². The summed E-state index contributed by atoms with van der Waals surface area (Å²) in [7, 11) is 0. The molecule has 2 aliphatic rings. The summed E-state index contributed by atoms with van der Waals surface area (Å²) < 4.78 is 2.13. The van der Waals surface area contributed by atoms with E-state index < -0.39 is 0 Å². The molecule has 0 aliphatic carbocycles. The van der Waals surface area contributed by atoms with Crippen LogP contribution in [0.25, 0.3) is 0 Å². The Hall–Kier alpha value is -0.830. The Morgan fingerprint density at radius 1 is 1.23 bits per heavy atom. The highest BCUT2D eigenvalue weighted by Gasteiger charge is 2.34. The van der Waals surface area contributed by atoms with Crippen LogP contribution in [0.4, 0.5) is 0 Å². The number of aromatic nitrogens is 2. The van der Waals surface area contributed by atoms with Gasteiger partial charge in [0.05, 0.1) is 6.04 Å². The van der Waals surface area contributed by atoms with Crippen molar-refractivity contribution in [3.8, 4) is 0 Å². The summed E-state index contributed by atoms with van der Waals surface area (Å²) >= 11 is 0. The van der Waals surface area contributed by atoms with Gasteiger partial charge >= 0.3 is 0 Å². The van der Waals surface area contributed by atoms with Crippen LogP contribution in [0.1, 0.15) is 31.7 Å². The fourth-order valence-corrected chi connectivity index (χ4v) is 2.74. The lowest BCUT2D eigenvalue weighted by molar-refractivity contribution is 0.281. The smallest absolute Gasteiger partial charge is 0.0548 e. The van der Waals surface area contributed by atoms with Gasteiger partial charge in [-0.05, 0) is 31.7 Å². The van der Waals surface area contributed by atoms with Gasteiger partial charge < -0.3 is 5.32 Å². The summed E-state index contributed by atoms with van der Waals surface area (Å²) in [6.45, 7) is 0. The maximum Gasteiger partial charge on any atom is 0.0548 e. The Bertz CT molecular complexity index is 268. The highest BCUT2D eigenvalue weighted by molar-refractivity contribution is 4.95. The molecule has 13 heavy (non-hydrogen) atoms. The summed E-state index contributed by atoms with van der Waals surface area (Å²) in [5.74, 6) is 0. The first-order valence-electron chi connectivity index (χ1n) is 5.17. The molecule has 3 heteroatoms. The van der Waals surface area contributed by atoms with Gasteiger partial charge in [-0.2, -0.15) is 5.10 Å². The molecule has 0 saturated carbocycles. The van der Waals surface area contributed by atoms with E-state index in [0.29, 0.717) is 6.04 Å². The van der Waals surface area contributed by atoms with E-state index in [1.807, 2.05) is 12.3 Å². The standard InChI is InChI=1S/C10H15N3/c1-4-11-13(5-1)10-6-8-2-3-9(7-10)12-8/h1,4-5,8-10,12H,2-3,6-7H2. The van der Waals surface area contributed by atoms with Gasteiger partial charge in [-0.1, -0.05) is 0 Å². The molecule has 0 aromatic carbocycles. The molecule has 3 rings (SSSR count). The maximum absolute atomic E-state index is 4.33. The highest BCUT2D eigenvalue weighted by atomic mass is 15.3. The number of fused-ring (bicyclic) bond motifs is 2. The lowest BCUT2D eigenvalue weighted by Gasteiger charge is -2.29. The van der Waals surface area contributed by atoms with E-state index in [1.165, 1.54) is 25.7 Å². The predicted molar refractivity (Wildman–Crippen MR) is 50.4 cm³/mol. The number of rotatable bonds is 1. The highest BCUT2D eigenvalue weighted by Crippen LogP contribution is 2.33. The molecule has 2 unspecified atom stereocenters. The molecule has 0 amide bonds. The molecule has 1 N–H and O–H groups in total. The average molecular weight is 177 g/mol. The van der Waals surface area contributed by atoms with E-state index in [2.05, 4.69) is 21.3 Å². The average Bonchev–Trinajstić information content (AvgIpc) is 2.75. The fourth-order valence-electron chi connectivity index (χ4n) is 2.74. The second kappa shape index (κ2) is 2.84. The Morgan fingerprint density at radius 3 is 2.62 bits per heavy atom. The van der Waals surface area contributed by atoms with Crippen molar-refractivity contribution in [3.05, 3.63) is 18.5 Å². The minimum atomic E-state index is 0.647. The van der Waals surface area contributed by atoms with Crippen LogP contribution in [0, 0.1) is 0 Å². The van der Waals surface area contributed by atoms with Crippen molar-refractivity contribution in [3.63, 3.8) is 0 Å². The molecule has 3 nitrogen and oxygen atoms in total. The first-order valence-corrected chi connectivity index (χ1v) is 5.17. The van der Waals surface area contributed by atoms with Gasteiger partial charge in [0.25, 0.3) is 0 Å². The minimum Gasteiger partial charge on any atom is -0.311 e. The lowest BCUT2D eigenvalue weighted by Crippen LogP contribution is -2.38. The fraction of sp³-hybridized carbons (Fsp3) is 0.700. The summed E-state index contributed by atoms with van der Waals surface area (Å²) in [5.41, 5.74) is 0. The van der Waals surface area contributed by atoms with Crippen molar-refractivity contribution in [2.45, 2.75) is 43.8 Å². The van der Waals surface area contributed by atoms with Crippen LogP contribution in [-0.4, -0.2) is 21.9 Å². The number of nitrogens with one attached hydrogen (secondary N) is 1. The SMILES string of the molecule is c1cnn(C2CC3CCC(C2)N3)c1. The van der Waals surface area contributed by atoms with Gasteiger partial charge in [-0.25, -0.2) is 0 Å². The Morgan fingerprint density at radius 2 is 2.00 bits per heavy atom. The zero-order chi connectivity index (χ0) is 8.67. The van der Waals surface area contributed by atoms with Gasteiger partial charge in [0.2, 0.25) is 0 Å². The zero-order valence-corrected chi connectivity index (χ0v) is 7.69. The molecule has 2 saturated heterocycles. The summed E-state index contributed by atoms with van der Waals surface area (Å²) in [5, 5.41) is 7.97. The van der Waals surface area contributed by atoms with Crippen LogP contribution in [0.5, 0.6) is 0 Å². The molecule has 1 aromatic heterocycles. The summed E-state index contributed by atoms with van der Waals surface area (Å²) in [6, 6.07) is 4.18. The predicted octanol–water partition coefficient (Wildman–Crippen LogP) is 1.34. The Kier molecular flexibility index (Phi) is 1.65. The van der Waals surface area contributed by atoms with Crippen LogP contribution in [-0.2, 0) is 0 Å². The largest absolute Gasteiger partial charge is 0.311 e. The van der Waals surface area contributed by atoms with E-state index in [0.717, 1.165) is 12.1 Å². The van der Waals surface area contributed by atoms with Crippen molar-refractivity contribution >= 4 is 0 Å². The normalized spacial score (nSPS) is 38.0. The van der Waals surface area contributed by atoms with E-state index in [-0.39, 0.29) is 0 Å².